The monoisotopic (exact) mass is 1970 g/mol. The van der Waals surface area contributed by atoms with Gasteiger partial charge in [0.1, 0.15) is 62.7 Å². The van der Waals surface area contributed by atoms with Crippen molar-refractivity contribution in [2.24, 2.45) is 0 Å². The summed E-state index contributed by atoms with van der Waals surface area (Å²) in [5.74, 6) is -1.16. The molecule has 23 heteroatoms. The molecule has 16 nitrogen and oxygen atoms in total. The van der Waals surface area contributed by atoms with Gasteiger partial charge in [-0.3, -0.25) is 4.79 Å². The van der Waals surface area contributed by atoms with Crippen LogP contribution in [0.25, 0.3) is 9.69 Å². The molecule has 139 heavy (non-hydrogen) atoms. The SMILES string of the molecule is CN(C)CCCC1(c2ccc(F)cc2)OCc2cc(Br)ccc21.CN(C)CCCC1(c2ccc(F)cc2)OCc2cc(Cl)ccc21.CN(C)CCCC1(c2ccc(F)cc2)OCc2cc(NC=O)ccc21.CN(C)CCCC1(c2ccc(F)cc2)OCc2ccccc21.[C-]#[N+]c1ccc2c(c1)COC2(CCCN(C)C)c1ccccc1.[C-]#[N+]c1ccc2c(c1)COC2(CCCNC)c1ccc(F)cc1. The summed E-state index contributed by atoms with van der Waals surface area (Å²) in [6, 6.07) is 81.8. The Morgan fingerprint density at radius 2 is 0.604 bits per heavy atom. The zero-order valence-electron chi connectivity index (χ0n) is 81.6. The summed E-state index contributed by atoms with van der Waals surface area (Å²) in [7, 11) is 22.6. The summed E-state index contributed by atoms with van der Waals surface area (Å²) in [5, 5.41) is 6.55. The smallest absolute Gasteiger partial charge is 0.211 e. The molecule has 6 atom stereocenters. The highest BCUT2D eigenvalue weighted by Crippen LogP contribution is 2.53. The van der Waals surface area contributed by atoms with Crippen LogP contribution < -0.4 is 10.6 Å². The molecule has 0 fully saturated rings. The van der Waals surface area contributed by atoms with Crippen molar-refractivity contribution in [1.29, 1.82) is 0 Å². The molecule has 1 amide bonds. The third-order valence-electron chi connectivity index (χ3n) is 26.8. The number of benzene rings is 12. The molecule has 0 aromatic heterocycles. The van der Waals surface area contributed by atoms with E-state index in [9.17, 15) is 26.7 Å². The fraction of sp³-hybridized carbons (Fsp3) is 0.353. The highest BCUT2D eigenvalue weighted by Gasteiger charge is 2.48. The number of halogens is 7. The highest BCUT2D eigenvalue weighted by atomic mass is 79.9. The number of hydrogen-bond donors (Lipinski definition) is 2. The Balaban J connectivity index is 0.000000141. The molecule has 728 valence electrons. The molecule has 6 heterocycles. The van der Waals surface area contributed by atoms with Crippen molar-refractivity contribution >= 4 is 51.0 Å². The van der Waals surface area contributed by atoms with Crippen LogP contribution in [0.3, 0.4) is 0 Å². The van der Waals surface area contributed by atoms with Crippen LogP contribution in [-0.4, -0.2) is 148 Å². The quantitative estimate of drug-likeness (QED) is 0.0180. The lowest BCUT2D eigenvalue weighted by Crippen LogP contribution is -2.28. The van der Waals surface area contributed by atoms with E-state index in [0.717, 1.165) is 198 Å². The maximum atomic E-state index is 13.4. The second-order valence-corrected chi connectivity index (χ2v) is 39.0. The number of fused-ring (bicyclic) bond motifs is 6. The molecule has 6 unspecified atom stereocenters. The lowest BCUT2D eigenvalue weighted by Gasteiger charge is -2.31. The molecule has 0 radical (unpaired) electrons. The van der Waals surface area contributed by atoms with Crippen LogP contribution in [0, 0.1) is 42.2 Å². The number of nitrogens with zero attached hydrogens (tertiary/aromatic N) is 7. The first-order valence-corrected chi connectivity index (χ1v) is 48.8. The van der Waals surface area contributed by atoms with Crippen LogP contribution in [0.1, 0.15) is 177 Å². The minimum atomic E-state index is -0.571. The molecule has 6 aliphatic rings. The summed E-state index contributed by atoms with van der Waals surface area (Å²) < 4.78 is 106. The molecule has 0 aliphatic carbocycles. The molecule has 12 aromatic rings. The molecule has 0 bridgehead atoms. The van der Waals surface area contributed by atoms with E-state index in [2.05, 4.69) is 184 Å². The molecule has 6 aliphatic heterocycles. The standard InChI is InChI=1S/C20H23FN2O2.C20H22N2O.C19H21BrFNO.C19H21ClFNO.C19H19FN2O.C19H22FNO/c1-23(2)11-3-10-20(16-4-6-17(21)7-5-16)19-9-8-18(22-14-24)12-15(19)13-25-20;1-21-18-10-11-19-16(14-18)15-23-20(19,12-7-13-22(2)3)17-8-5-4-6-9-17;2*1-22(2)11-3-10-19(15-4-7-17(21)8-5-15)18-9-6-16(20)12-14(18)13-23-19;1-21-11-3-10-19(15-4-6-16(20)7-5-15)18-9-8-17(22-2)12-14(18)13-23-19;1-21(2)13-5-12-19(16-8-10-17(20)11-9-16)18-7-4-3-6-15(18)14-22-19/h4-9,12,14H,3,10-11,13H2,1-2H3,(H,22,24);4-6,8-11,14H,7,12-13,15H2,2-3H3;2*4-9,12H,3,10-11,13H2,1-2H3;4-9,12,21H,3,10-11,13H2,1H3;3-4,6-11H,5,12-14H2,1-2H3. The van der Waals surface area contributed by atoms with E-state index < -0.39 is 28.0 Å². The minimum Gasteiger partial charge on any atom is -0.361 e. The van der Waals surface area contributed by atoms with Crippen LogP contribution in [-0.2, 0) is 106 Å². The van der Waals surface area contributed by atoms with Gasteiger partial charge in [0, 0.05) is 15.2 Å². The fourth-order valence-electron chi connectivity index (χ4n) is 20.0. The first-order valence-electron chi connectivity index (χ1n) is 47.6. The number of amides is 1. The van der Waals surface area contributed by atoms with Crippen LogP contribution in [0.4, 0.5) is 39.0 Å². The predicted octanol–water partition coefficient (Wildman–Crippen LogP) is 25.3. The lowest BCUT2D eigenvalue weighted by molar-refractivity contribution is -0.105. The van der Waals surface area contributed by atoms with E-state index >= 15 is 0 Å². The third-order valence-corrected chi connectivity index (χ3v) is 27.5. The van der Waals surface area contributed by atoms with Gasteiger partial charge in [0.15, 0.2) is 11.4 Å². The Morgan fingerprint density at radius 1 is 0.331 bits per heavy atom. The van der Waals surface area contributed by atoms with Crippen molar-refractivity contribution < 1.29 is 55.2 Å². The average Bonchev–Trinajstić information content (AvgIpc) is 1.62. The van der Waals surface area contributed by atoms with Crippen molar-refractivity contribution in [2.45, 2.75) is 150 Å². The summed E-state index contributed by atoms with van der Waals surface area (Å²) in [4.78, 5) is 28.6. The summed E-state index contributed by atoms with van der Waals surface area (Å²) in [6.45, 7) is 23.5. The van der Waals surface area contributed by atoms with Crippen LogP contribution in [0.5, 0.6) is 0 Å². The largest absolute Gasteiger partial charge is 0.361 e. The maximum absolute atomic E-state index is 13.4. The second-order valence-electron chi connectivity index (χ2n) is 37.6. The molecule has 0 saturated heterocycles. The lowest BCUT2D eigenvalue weighted by atomic mass is 9.82. The predicted molar refractivity (Wildman–Crippen MR) is 548 cm³/mol. The van der Waals surface area contributed by atoms with Gasteiger partial charge in [-0.05, 0) is 391 Å². The zero-order chi connectivity index (χ0) is 98.9. The zero-order valence-corrected chi connectivity index (χ0v) is 83.9. The van der Waals surface area contributed by atoms with Gasteiger partial charge in [0.05, 0.1) is 52.8 Å². The van der Waals surface area contributed by atoms with E-state index in [0.29, 0.717) is 57.4 Å². The van der Waals surface area contributed by atoms with Gasteiger partial charge < -0.3 is 63.6 Å². The summed E-state index contributed by atoms with van der Waals surface area (Å²) in [6.07, 6.45) is 11.9. The molecule has 0 saturated carbocycles. The summed E-state index contributed by atoms with van der Waals surface area (Å²) >= 11 is 9.65. The molecule has 12 aromatic carbocycles. The van der Waals surface area contributed by atoms with Gasteiger partial charge in [-0.25, -0.2) is 31.6 Å². The number of ether oxygens (including phenoxy) is 6. The minimum absolute atomic E-state index is 0.210. The number of hydrogen-bond acceptors (Lipinski definition) is 13. The van der Waals surface area contributed by atoms with Gasteiger partial charge in [0.2, 0.25) is 6.41 Å². The van der Waals surface area contributed by atoms with Gasteiger partial charge in [0.25, 0.3) is 0 Å². The van der Waals surface area contributed by atoms with Gasteiger partial charge in [-0.2, -0.15) is 0 Å². The van der Waals surface area contributed by atoms with E-state index in [1.807, 2.05) is 136 Å². The molecule has 2 N–H and O–H groups in total. The van der Waals surface area contributed by atoms with Crippen molar-refractivity contribution in [3.05, 3.63) is 428 Å². The van der Waals surface area contributed by atoms with E-state index in [4.69, 9.17) is 53.2 Å². The first kappa shape index (κ1) is 105. The van der Waals surface area contributed by atoms with Gasteiger partial charge >= 0.3 is 0 Å². The first-order chi connectivity index (χ1) is 67.0. The van der Waals surface area contributed by atoms with Gasteiger partial charge in [-0.15, -0.1) is 0 Å². The number of nitrogens with one attached hydrogen (secondary N) is 2. The van der Waals surface area contributed by atoms with Crippen LogP contribution in [0.2, 0.25) is 5.02 Å². The van der Waals surface area contributed by atoms with Crippen molar-refractivity contribution in [3.8, 4) is 0 Å². The number of carbonyl (C=O) groups excluding carboxylic acids is 1. The number of anilines is 1. The van der Waals surface area contributed by atoms with Crippen LogP contribution >= 0.6 is 27.5 Å². The second kappa shape index (κ2) is 48.9. The Bertz CT molecular complexity index is 6010. The Hall–Kier alpha value is -11.0. The van der Waals surface area contributed by atoms with E-state index in [-0.39, 0.29) is 34.7 Å². The van der Waals surface area contributed by atoms with Crippen molar-refractivity contribution in [2.75, 3.05) is 122 Å². The fourth-order valence-corrected chi connectivity index (χ4v) is 20.6. The normalized spacial score (nSPS) is 19.7. The van der Waals surface area contributed by atoms with E-state index in [1.165, 1.54) is 94.0 Å². The molecule has 0 spiro atoms. The number of carbonyl (C=O) groups is 1. The maximum Gasteiger partial charge on any atom is 0.211 e. The van der Waals surface area contributed by atoms with Gasteiger partial charge in [-0.1, -0.05) is 197 Å². The highest BCUT2D eigenvalue weighted by molar-refractivity contribution is 9.10. The molecule has 18 rings (SSSR count). The Labute approximate surface area is 831 Å². The van der Waals surface area contributed by atoms with Crippen molar-refractivity contribution in [3.63, 3.8) is 0 Å². The van der Waals surface area contributed by atoms with E-state index in [1.54, 1.807) is 24.3 Å². The Kier molecular flexibility index (Phi) is 37.1. The topological polar surface area (TPSA) is 121 Å². The number of rotatable bonds is 32. The molecular weight excluding hydrogens is 1840 g/mol. The van der Waals surface area contributed by atoms with Crippen LogP contribution in [0.15, 0.2) is 271 Å². The summed E-state index contributed by atoms with van der Waals surface area (Å²) in [5.41, 5.74) is 19.1. The Morgan fingerprint density at radius 3 is 0.935 bits per heavy atom. The molecular formula is C116H128BrClF5N9O7. The van der Waals surface area contributed by atoms with Crippen molar-refractivity contribution in [1.82, 2.24) is 29.8 Å². The third kappa shape index (κ3) is 25.5. The average molecular weight is 1970 g/mol.